The molecule has 1 atom stereocenters. The molecule has 4 bridgehead atoms. The summed E-state index contributed by atoms with van der Waals surface area (Å²) in [5, 5.41) is 0. The van der Waals surface area contributed by atoms with Gasteiger partial charge < -0.3 is 10.5 Å². The van der Waals surface area contributed by atoms with Crippen molar-refractivity contribution in [3.63, 3.8) is 0 Å². The van der Waals surface area contributed by atoms with E-state index in [0.717, 1.165) is 24.2 Å². The summed E-state index contributed by atoms with van der Waals surface area (Å²) in [5.74, 6) is 2.94. The van der Waals surface area contributed by atoms with Crippen LogP contribution in [0.1, 0.15) is 51.9 Å². The molecule has 1 unspecified atom stereocenters. The number of ether oxygens (including phenoxy) is 1. The van der Waals surface area contributed by atoms with E-state index in [4.69, 9.17) is 10.5 Å². The molecule has 2 N–H and O–H groups in total. The summed E-state index contributed by atoms with van der Waals surface area (Å²) < 4.78 is 6.00. The Hall–Kier alpha value is -0.0800. The molecule has 0 amide bonds. The number of hydrogen-bond acceptors (Lipinski definition) is 2. The fourth-order valence-electron chi connectivity index (χ4n) is 5.85. The molecule has 2 heteroatoms. The average Bonchev–Trinajstić information content (AvgIpc) is 2.29. The normalized spacial score (nSPS) is 47.1. The molecule has 4 aliphatic carbocycles. The van der Waals surface area contributed by atoms with Crippen molar-refractivity contribution < 1.29 is 4.74 Å². The molecule has 0 aliphatic heterocycles. The monoisotopic (exact) mass is 237 g/mol. The van der Waals surface area contributed by atoms with Gasteiger partial charge in [-0.3, -0.25) is 0 Å². The van der Waals surface area contributed by atoms with Crippen LogP contribution in [0.25, 0.3) is 0 Å². The molecule has 0 heterocycles. The summed E-state index contributed by atoms with van der Waals surface area (Å²) in [6.45, 7) is 2.96. The predicted molar refractivity (Wildman–Crippen MR) is 69.7 cm³/mol. The van der Waals surface area contributed by atoms with Crippen LogP contribution in [-0.4, -0.2) is 19.3 Å². The lowest BCUT2D eigenvalue weighted by molar-refractivity contribution is -0.189. The third kappa shape index (κ3) is 1.53. The van der Waals surface area contributed by atoms with Crippen molar-refractivity contribution in [3.8, 4) is 0 Å². The van der Waals surface area contributed by atoms with E-state index in [0.29, 0.717) is 12.0 Å². The first kappa shape index (κ1) is 12.0. The maximum absolute atomic E-state index is 6.13. The van der Waals surface area contributed by atoms with Gasteiger partial charge >= 0.3 is 0 Å². The van der Waals surface area contributed by atoms with Crippen molar-refractivity contribution in [2.75, 3.05) is 13.7 Å². The second-order valence-corrected chi connectivity index (χ2v) is 6.95. The van der Waals surface area contributed by atoms with Gasteiger partial charge in [0, 0.05) is 19.1 Å². The van der Waals surface area contributed by atoms with Crippen molar-refractivity contribution in [3.05, 3.63) is 0 Å². The molecule has 98 valence electrons. The molecule has 0 saturated heterocycles. The highest BCUT2D eigenvalue weighted by Crippen LogP contribution is 2.64. The summed E-state index contributed by atoms with van der Waals surface area (Å²) in [7, 11) is 1.88. The van der Waals surface area contributed by atoms with Gasteiger partial charge in [-0.25, -0.2) is 0 Å². The Morgan fingerprint density at radius 3 is 1.88 bits per heavy atom. The lowest BCUT2D eigenvalue weighted by atomic mass is 9.45. The van der Waals surface area contributed by atoms with Gasteiger partial charge in [0.25, 0.3) is 0 Å². The Kier molecular flexibility index (Phi) is 2.79. The molecule has 2 nitrogen and oxygen atoms in total. The van der Waals surface area contributed by atoms with Crippen LogP contribution in [-0.2, 0) is 4.74 Å². The second kappa shape index (κ2) is 3.96. The first-order chi connectivity index (χ1) is 8.17. The molecular weight excluding hydrogens is 210 g/mol. The maximum atomic E-state index is 6.13. The van der Waals surface area contributed by atoms with Crippen LogP contribution in [0.2, 0.25) is 0 Å². The molecule has 0 aromatic carbocycles. The van der Waals surface area contributed by atoms with E-state index in [2.05, 4.69) is 6.92 Å². The van der Waals surface area contributed by atoms with Crippen LogP contribution >= 0.6 is 0 Å². The lowest BCUT2D eigenvalue weighted by Gasteiger charge is -2.63. The summed E-state index contributed by atoms with van der Waals surface area (Å²) in [4.78, 5) is 0. The molecule has 4 saturated carbocycles. The minimum Gasteiger partial charge on any atom is -0.376 e. The van der Waals surface area contributed by atoms with E-state index in [-0.39, 0.29) is 5.60 Å². The smallest absolute Gasteiger partial charge is 0.0853 e. The topological polar surface area (TPSA) is 35.2 Å². The molecule has 0 aromatic heterocycles. The summed E-state index contributed by atoms with van der Waals surface area (Å²) in [6.07, 6.45) is 9.72. The van der Waals surface area contributed by atoms with Crippen LogP contribution in [0.5, 0.6) is 0 Å². The summed E-state index contributed by atoms with van der Waals surface area (Å²) in [6, 6.07) is 0. The Labute approximate surface area is 105 Å². The SMILES string of the molecule is CCC(CN)(OC)C12CC3CC(CC(C3)C1)C2. The van der Waals surface area contributed by atoms with Gasteiger partial charge in [0.05, 0.1) is 5.60 Å². The molecule has 17 heavy (non-hydrogen) atoms. The maximum Gasteiger partial charge on any atom is 0.0853 e. The lowest BCUT2D eigenvalue weighted by Crippen LogP contribution is -2.61. The standard InChI is InChI=1S/C15H27NO/c1-3-15(10-16,17-2)14-7-11-4-12(8-14)6-13(5-11)9-14/h11-13H,3-10,16H2,1-2H3. The van der Waals surface area contributed by atoms with Crippen LogP contribution < -0.4 is 5.73 Å². The van der Waals surface area contributed by atoms with Crippen LogP contribution in [0.4, 0.5) is 0 Å². The Morgan fingerprint density at radius 1 is 1.12 bits per heavy atom. The van der Waals surface area contributed by atoms with Crippen molar-refractivity contribution in [1.82, 2.24) is 0 Å². The van der Waals surface area contributed by atoms with Crippen LogP contribution in [0.3, 0.4) is 0 Å². The van der Waals surface area contributed by atoms with Crippen molar-refractivity contribution >= 4 is 0 Å². The summed E-state index contributed by atoms with van der Waals surface area (Å²) >= 11 is 0. The molecule has 4 aliphatic rings. The summed E-state index contributed by atoms with van der Waals surface area (Å²) in [5.41, 5.74) is 6.50. The van der Waals surface area contributed by atoms with E-state index in [1.165, 1.54) is 38.5 Å². The molecular formula is C15H27NO. The van der Waals surface area contributed by atoms with E-state index < -0.39 is 0 Å². The number of rotatable bonds is 4. The van der Waals surface area contributed by atoms with Crippen LogP contribution in [0, 0.1) is 23.2 Å². The fourth-order valence-corrected chi connectivity index (χ4v) is 5.85. The van der Waals surface area contributed by atoms with E-state index in [1.807, 2.05) is 7.11 Å². The van der Waals surface area contributed by atoms with Crippen molar-refractivity contribution in [2.45, 2.75) is 57.5 Å². The highest BCUT2D eigenvalue weighted by molar-refractivity contribution is 5.10. The molecule has 0 radical (unpaired) electrons. The first-order valence-electron chi connectivity index (χ1n) is 7.42. The molecule has 0 aromatic rings. The van der Waals surface area contributed by atoms with Gasteiger partial charge in [-0.15, -0.1) is 0 Å². The molecule has 4 rings (SSSR count). The molecule has 0 spiro atoms. The zero-order valence-corrected chi connectivity index (χ0v) is 11.4. The highest BCUT2D eigenvalue weighted by Gasteiger charge is 2.59. The predicted octanol–water partition coefficient (Wildman–Crippen LogP) is 2.96. The Morgan fingerprint density at radius 2 is 1.59 bits per heavy atom. The largest absolute Gasteiger partial charge is 0.376 e. The third-order valence-electron chi connectivity index (χ3n) is 6.30. The first-order valence-corrected chi connectivity index (χ1v) is 7.42. The van der Waals surface area contributed by atoms with Crippen molar-refractivity contribution in [1.29, 1.82) is 0 Å². The third-order valence-corrected chi connectivity index (χ3v) is 6.30. The van der Waals surface area contributed by atoms with E-state index in [1.54, 1.807) is 0 Å². The molecule has 4 fully saturated rings. The number of methoxy groups -OCH3 is 1. The highest BCUT2D eigenvalue weighted by atomic mass is 16.5. The Bertz CT molecular complexity index is 252. The zero-order chi connectivity index (χ0) is 12.1. The number of nitrogens with two attached hydrogens (primary N) is 1. The van der Waals surface area contributed by atoms with E-state index in [9.17, 15) is 0 Å². The average molecular weight is 237 g/mol. The van der Waals surface area contributed by atoms with E-state index >= 15 is 0 Å². The minimum atomic E-state index is -0.0387. The van der Waals surface area contributed by atoms with Gasteiger partial charge in [-0.05, 0) is 62.7 Å². The quantitative estimate of drug-likeness (QED) is 0.816. The van der Waals surface area contributed by atoms with Gasteiger partial charge in [-0.2, -0.15) is 0 Å². The fraction of sp³-hybridized carbons (Fsp3) is 1.00. The van der Waals surface area contributed by atoms with Crippen molar-refractivity contribution in [2.24, 2.45) is 28.9 Å². The Balaban J connectivity index is 1.95. The van der Waals surface area contributed by atoms with Gasteiger partial charge in [-0.1, -0.05) is 6.92 Å². The second-order valence-electron chi connectivity index (χ2n) is 6.95. The minimum absolute atomic E-state index is 0.0387. The number of hydrogen-bond donors (Lipinski definition) is 1. The van der Waals surface area contributed by atoms with Gasteiger partial charge in [0.1, 0.15) is 0 Å². The van der Waals surface area contributed by atoms with Crippen LogP contribution in [0.15, 0.2) is 0 Å². The van der Waals surface area contributed by atoms with Gasteiger partial charge in [0.15, 0.2) is 0 Å². The van der Waals surface area contributed by atoms with Gasteiger partial charge in [0.2, 0.25) is 0 Å². The zero-order valence-electron chi connectivity index (χ0n) is 11.4.